The predicted octanol–water partition coefficient (Wildman–Crippen LogP) is 3.93. The second-order valence-electron chi connectivity index (χ2n) is 6.28. The van der Waals surface area contributed by atoms with Gasteiger partial charge in [-0.05, 0) is 63.2 Å². The maximum absolute atomic E-state index is 12.0. The molecule has 2 aliphatic rings. The van der Waals surface area contributed by atoms with Gasteiger partial charge in [0.1, 0.15) is 6.10 Å². The molecule has 0 aromatic rings. The van der Waals surface area contributed by atoms with Gasteiger partial charge in [0.25, 0.3) is 0 Å². The Hall–Kier alpha value is -0.530. The van der Waals surface area contributed by atoms with Crippen LogP contribution in [0.2, 0.25) is 0 Å². The smallest absolute Gasteiger partial charge is 0.309 e. The summed E-state index contributed by atoms with van der Waals surface area (Å²) in [6.07, 6.45) is 9.30. The normalized spacial score (nSPS) is 38.7. The van der Waals surface area contributed by atoms with Gasteiger partial charge in [0.15, 0.2) is 0 Å². The van der Waals surface area contributed by atoms with Gasteiger partial charge < -0.3 is 4.74 Å². The summed E-state index contributed by atoms with van der Waals surface area (Å²) in [5, 5.41) is 0. The number of rotatable bonds is 2. The molecule has 98 valence electrons. The minimum Gasteiger partial charge on any atom is -0.462 e. The van der Waals surface area contributed by atoms with Gasteiger partial charge >= 0.3 is 5.97 Å². The average molecular weight is 238 g/mol. The summed E-state index contributed by atoms with van der Waals surface area (Å²) < 4.78 is 5.68. The SMILES string of the molecule is CC1CCC(OC(=O)C2CCC(C)CC2)CC1. The fourth-order valence-corrected chi connectivity index (χ4v) is 3.10. The molecule has 2 fully saturated rings. The molecule has 0 aliphatic heterocycles. The molecule has 0 bridgehead atoms. The van der Waals surface area contributed by atoms with E-state index in [1.54, 1.807) is 0 Å². The Labute approximate surface area is 105 Å². The fourth-order valence-electron chi connectivity index (χ4n) is 3.10. The molecule has 2 saturated carbocycles. The Bertz CT molecular complexity index is 246. The molecule has 0 atom stereocenters. The van der Waals surface area contributed by atoms with Crippen molar-refractivity contribution in [3.05, 3.63) is 0 Å². The third kappa shape index (κ3) is 3.72. The number of hydrogen-bond donors (Lipinski definition) is 0. The molecule has 2 heteroatoms. The van der Waals surface area contributed by atoms with Crippen molar-refractivity contribution in [2.45, 2.75) is 71.3 Å². The molecule has 2 nitrogen and oxygen atoms in total. The summed E-state index contributed by atoms with van der Waals surface area (Å²) in [6.45, 7) is 4.57. The lowest BCUT2D eigenvalue weighted by Gasteiger charge is -2.29. The van der Waals surface area contributed by atoms with Crippen LogP contribution in [0.1, 0.15) is 65.2 Å². The molecular formula is C15H26O2. The first kappa shape index (κ1) is 12.9. The van der Waals surface area contributed by atoms with E-state index in [0.29, 0.717) is 0 Å². The van der Waals surface area contributed by atoms with Crippen LogP contribution in [0.5, 0.6) is 0 Å². The highest BCUT2D eigenvalue weighted by Gasteiger charge is 2.28. The zero-order valence-corrected chi connectivity index (χ0v) is 11.3. The molecule has 0 heterocycles. The number of carbonyl (C=O) groups excluding carboxylic acids is 1. The Morgan fingerprint density at radius 2 is 1.29 bits per heavy atom. The Morgan fingerprint density at radius 1 is 0.824 bits per heavy atom. The van der Waals surface area contributed by atoms with E-state index in [-0.39, 0.29) is 18.0 Å². The van der Waals surface area contributed by atoms with Crippen LogP contribution in [-0.2, 0) is 9.53 Å². The number of carbonyl (C=O) groups is 1. The second kappa shape index (κ2) is 5.88. The molecule has 0 aromatic heterocycles. The van der Waals surface area contributed by atoms with Gasteiger partial charge in [-0.1, -0.05) is 13.8 Å². The van der Waals surface area contributed by atoms with Crippen LogP contribution in [0.15, 0.2) is 0 Å². The van der Waals surface area contributed by atoms with Crippen molar-refractivity contribution >= 4 is 5.97 Å². The Morgan fingerprint density at radius 3 is 1.82 bits per heavy atom. The van der Waals surface area contributed by atoms with Crippen LogP contribution < -0.4 is 0 Å². The lowest BCUT2D eigenvalue weighted by Crippen LogP contribution is -2.29. The summed E-state index contributed by atoms with van der Waals surface area (Å²) in [5.74, 6) is 1.91. The third-order valence-corrected chi connectivity index (χ3v) is 4.59. The van der Waals surface area contributed by atoms with Crippen molar-refractivity contribution in [3.63, 3.8) is 0 Å². The summed E-state index contributed by atoms with van der Waals surface area (Å²) in [6, 6.07) is 0. The zero-order chi connectivity index (χ0) is 12.3. The van der Waals surface area contributed by atoms with E-state index in [4.69, 9.17) is 4.74 Å². The summed E-state index contributed by atoms with van der Waals surface area (Å²) in [5.41, 5.74) is 0. The van der Waals surface area contributed by atoms with Gasteiger partial charge in [0, 0.05) is 0 Å². The standard InChI is InChI=1S/C15H26O2/c1-11-3-7-13(8-4-11)15(16)17-14-9-5-12(2)6-10-14/h11-14H,3-10H2,1-2H3. The first-order valence-electron chi connectivity index (χ1n) is 7.35. The van der Waals surface area contributed by atoms with Crippen LogP contribution in [0.4, 0.5) is 0 Å². The first-order chi connectivity index (χ1) is 8.15. The maximum atomic E-state index is 12.0. The third-order valence-electron chi connectivity index (χ3n) is 4.59. The Kier molecular flexibility index (Phi) is 4.47. The number of esters is 1. The van der Waals surface area contributed by atoms with E-state index in [0.717, 1.165) is 37.5 Å². The summed E-state index contributed by atoms with van der Waals surface area (Å²) in [7, 11) is 0. The van der Waals surface area contributed by atoms with Crippen LogP contribution in [0, 0.1) is 17.8 Å². The average Bonchev–Trinajstić information content (AvgIpc) is 2.33. The predicted molar refractivity (Wildman–Crippen MR) is 68.6 cm³/mol. The summed E-state index contributed by atoms with van der Waals surface area (Å²) in [4.78, 5) is 12.0. The van der Waals surface area contributed by atoms with Crippen molar-refractivity contribution < 1.29 is 9.53 Å². The van der Waals surface area contributed by atoms with E-state index < -0.39 is 0 Å². The van der Waals surface area contributed by atoms with Gasteiger partial charge in [-0.2, -0.15) is 0 Å². The molecule has 0 radical (unpaired) electrons. The van der Waals surface area contributed by atoms with Crippen molar-refractivity contribution in [1.29, 1.82) is 0 Å². The molecule has 0 amide bonds. The molecule has 17 heavy (non-hydrogen) atoms. The highest BCUT2D eigenvalue weighted by atomic mass is 16.5. The monoisotopic (exact) mass is 238 g/mol. The summed E-state index contributed by atoms with van der Waals surface area (Å²) >= 11 is 0. The second-order valence-corrected chi connectivity index (χ2v) is 6.28. The molecule has 0 aromatic carbocycles. The van der Waals surface area contributed by atoms with Crippen molar-refractivity contribution in [2.24, 2.45) is 17.8 Å². The highest BCUT2D eigenvalue weighted by molar-refractivity contribution is 5.72. The van der Waals surface area contributed by atoms with Crippen LogP contribution in [0.25, 0.3) is 0 Å². The fraction of sp³-hybridized carbons (Fsp3) is 0.933. The van der Waals surface area contributed by atoms with E-state index >= 15 is 0 Å². The molecule has 0 unspecified atom stereocenters. The Balaban J connectivity index is 1.73. The lowest BCUT2D eigenvalue weighted by molar-refractivity contribution is -0.157. The van der Waals surface area contributed by atoms with E-state index in [1.807, 2.05) is 0 Å². The van der Waals surface area contributed by atoms with Crippen molar-refractivity contribution in [2.75, 3.05) is 0 Å². The topological polar surface area (TPSA) is 26.3 Å². The van der Waals surface area contributed by atoms with Gasteiger partial charge in [0.05, 0.1) is 5.92 Å². The molecule has 0 saturated heterocycles. The molecule has 2 rings (SSSR count). The van der Waals surface area contributed by atoms with Gasteiger partial charge in [-0.15, -0.1) is 0 Å². The minimum atomic E-state index is 0.0939. The highest BCUT2D eigenvalue weighted by Crippen LogP contribution is 2.31. The van der Waals surface area contributed by atoms with Crippen molar-refractivity contribution in [3.8, 4) is 0 Å². The van der Waals surface area contributed by atoms with Crippen LogP contribution >= 0.6 is 0 Å². The van der Waals surface area contributed by atoms with Gasteiger partial charge in [-0.25, -0.2) is 0 Å². The van der Waals surface area contributed by atoms with Crippen LogP contribution in [0.3, 0.4) is 0 Å². The lowest BCUT2D eigenvalue weighted by atomic mass is 9.83. The van der Waals surface area contributed by atoms with Gasteiger partial charge in [-0.3, -0.25) is 4.79 Å². The maximum Gasteiger partial charge on any atom is 0.309 e. The molecular weight excluding hydrogens is 212 g/mol. The molecule has 0 spiro atoms. The van der Waals surface area contributed by atoms with Crippen molar-refractivity contribution in [1.82, 2.24) is 0 Å². The molecule has 2 aliphatic carbocycles. The zero-order valence-electron chi connectivity index (χ0n) is 11.3. The van der Waals surface area contributed by atoms with E-state index in [2.05, 4.69) is 13.8 Å². The minimum absolute atomic E-state index is 0.0939. The first-order valence-corrected chi connectivity index (χ1v) is 7.35. The number of ether oxygens (including phenoxy) is 1. The van der Waals surface area contributed by atoms with Crippen LogP contribution in [-0.4, -0.2) is 12.1 Å². The largest absolute Gasteiger partial charge is 0.462 e. The van der Waals surface area contributed by atoms with E-state index in [1.165, 1.54) is 25.7 Å². The quantitative estimate of drug-likeness (QED) is 0.681. The van der Waals surface area contributed by atoms with E-state index in [9.17, 15) is 4.79 Å². The molecule has 0 N–H and O–H groups in total. The number of hydrogen-bond acceptors (Lipinski definition) is 2. The van der Waals surface area contributed by atoms with Gasteiger partial charge in [0.2, 0.25) is 0 Å².